The SMILES string of the molecule is CCC(CC)N(C)c1cc(Cl)nc(C(C)(C)C)n1. The van der Waals surface area contributed by atoms with E-state index in [9.17, 15) is 0 Å². The molecule has 0 spiro atoms. The highest BCUT2D eigenvalue weighted by molar-refractivity contribution is 6.29. The topological polar surface area (TPSA) is 29.0 Å². The van der Waals surface area contributed by atoms with Crippen LogP contribution in [0.1, 0.15) is 53.3 Å². The van der Waals surface area contributed by atoms with Crippen LogP contribution >= 0.6 is 11.6 Å². The fraction of sp³-hybridized carbons (Fsp3) is 0.714. The highest BCUT2D eigenvalue weighted by Crippen LogP contribution is 2.25. The van der Waals surface area contributed by atoms with Crippen LogP contribution in [-0.2, 0) is 5.41 Å². The van der Waals surface area contributed by atoms with Gasteiger partial charge in [-0.3, -0.25) is 0 Å². The highest BCUT2D eigenvalue weighted by Gasteiger charge is 2.21. The standard InChI is InChI=1S/C14H24ClN3/c1-7-10(8-2)18(6)12-9-11(15)16-13(17-12)14(3,4)5/h9-10H,7-8H2,1-6H3. The number of halogens is 1. The third-order valence-electron chi connectivity index (χ3n) is 3.20. The number of nitrogens with zero attached hydrogens (tertiary/aromatic N) is 3. The summed E-state index contributed by atoms with van der Waals surface area (Å²) in [5.41, 5.74) is -0.0889. The average molecular weight is 270 g/mol. The first-order chi connectivity index (χ1) is 8.29. The van der Waals surface area contributed by atoms with Gasteiger partial charge in [-0.25, -0.2) is 9.97 Å². The van der Waals surface area contributed by atoms with Crippen LogP contribution in [0.3, 0.4) is 0 Å². The molecule has 0 fully saturated rings. The third kappa shape index (κ3) is 3.58. The summed E-state index contributed by atoms with van der Waals surface area (Å²) < 4.78 is 0. The average Bonchev–Trinajstić information content (AvgIpc) is 2.28. The number of anilines is 1. The van der Waals surface area contributed by atoms with E-state index in [4.69, 9.17) is 11.6 Å². The molecule has 0 aromatic carbocycles. The molecule has 0 aliphatic rings. The molecular weight excluding hydrogens is 246 g/mol. The molecule has 1 rings (SSSR count). The van der Waals surface area contributed by atoms with E-state index in [0.29, 0.717) is 11.2 Å². The fourth-order valence-electron chi connectivity index (χ4n) is 1.95. The minimum absolute atomic E-state index is 0.0889. The number of aromatic nitrogens is 2. The molecule has 0 N–H and O–H groups in total. The molecular formula is C14H24ClN3. The second kappa shape index (κ2) is 5.87. The number of hydrogen-bond acceptors (Lipinski definition) is 3. The van der Waals surface area contributed by atoms with E-state index in [1.807, 2.05) is 6.07 Å². The molecule has 4 heteroatoms. The van der Waals surface area contributed by atoms with Gasteiger partial charge in [-0.15, -0.1) is 0 Å². The minimum Gasteiger partial charge on any atom is -0.357 e. The zero-order valence-corrected chi connectivity index (χ0v) is 13.0. The van der Waals surface area contributed by atoms with Crippen molar-refractivity contribution in [1.82, 2.24) is 9.97 Å². The van der Waals surface area contributed by atoms with E-state index < -0.39 is 0 Å². The Morgan fingerprint density at radius 2 is 1.78 bits per heavy atom. The quantitative estimate of drug-likeness (QED) is 0.772. The predicted octanol–water partition coefficient (Wildman–Crippen LogP) is 4.05. The van der Waals surface area contributed by atoms with E-state index >= 15 is 0 Å². The van der Waals surface area contributed by atoms with E-state index in [-0.39, 0.29) is 5.41 Å². The van der Waals surface area contributed by atoms with Crippen LogP contribution in [0.4, 0.5) is 5.82 Å². The largest absolute Gasteiger partial charge is 0.357 e. The first-order valence-electron chi connectivity index (χ1n) is 6.57. The zero-order valence-electron chi connectivity index (χ0n) is 12.3. The molecule has 0 radical (unpaired) electrons. The maximum Gasteiger partial charge on any atom is 0.137 e. The van der Waals surface area contributed by atoms with E-state index in [1.54, 1.807) is 0 Å². The van der Waals surface area contributed by atoms with Crippen molar-refractivity contribution in [2.75, 3.05) is 11.9 Å². The molecule has 0 aliphatic heterocycles. The molecule has 1 aromatic rings. The van der Waals surface area contributed by atoms with Gasteiger partial charge in [0.1, 0.15) is 16.8 Å². The van der Waals surface area contributed by atoms with Gasteiger partial charge in [0.05, 0.1) is 0 Å². The monoisotopic (exact) mass is 269 g/mol. The second-order valence-electron chi connectivity index (χ2n) is 5.70. The molecule has 1 heterocycles. The molecule has 0 bridgehead atoms. The van der Waals surface area contributed by atoms with Crippen molar-refractivity contribution >= 4 is 17.4 Å². The lowest BCUT2D eigenvalue weighted by atomic mass is 9.96. The van der Waals surface area contributed by atoms with Crippen molar-refractivity contribution in [2.45, 2.75) is 58.9 Å². The summed E-state index contributed by atoms with van der Waals surface area (Å²) in [4.78, 5) is 11.2. The molecule has 102 valence electrons. The molecule has 0 unspecified atom stereocenters. The number of hydrogen-bond donors (Lipinski definition) is 0. The van der Waals surface area contributed by atoms with E-state index in [0.717, 1.165) is 24.5 Å². The molecule has 0 saturated carbocycles. The van der Waals surface area contributed by atoms with Gasteiger partial charge < -0.3 is 4.90 Å². The minimum atomic E-state index is -0.0889. The van der Waals surface area contributed by atoms with Crippen molar-refractivity contribution in [3.05, 3.63) is 17.0 Å². The van der Waals surface area contributed by atoms with Crippen LogP contribution in [0, 0.1) is 0 Å². The van der Waals surface area contributed by atoms with Gasteiger partial charge in [0.2, 0.25) is 0 Å². The van der Waals surface area contributed by atoms with Crippen LogP contribution in [0.5, 0.6) is 0 Å². The molecule has 1 aromatic heterocycles. The lowest BCUT2D eigenvalue weighted by Gasteiger charge is -2.28. The Labute approximate surface area is 116 Å². The Bertz CT molecular complexity index is 395. The van der Waals surface area contributed by atoms with E-state index in [1.165, 1.54) is 0 Å². The van der Waals surface area contributed by atoms with Gasteiger partial charge in [-0.05, 0) is 12.8 Å². The first-order valence-corrected chi connectivity index (χ1v) is 6.95. The van der Waals surface area contributed by atoms with E-state index in [2.05, 4.69) is 56.5 Å². The molecule has 18 heavy (non-hydrogen) atoms. The molecule has 0 amide bonds. The van der Waals surface area contributed by atoms with Crippen molar-refractivity contribution in [2.24, 2.45) is 0 Å². The molecule has 0 saturated heterocycles. The smallest absolute Gasteiger partial charge is 0.137 e. The Balaban J connectivity index is 3.13. The van der Waals surface area contributed by atoms with Crippen molar-refractivity contribution in [1.29, 1.82) is 0 Å². The molecule has 0 atom stereocenters. The van der Waals surface area contributed by atoms with Crippen LogP contribution in [0.2, 0.25) is 5.15 Å². The maximum atomic E-state index is 6.11. The van der Waals surface area contributed by atoms with Gasteiger partial charge in [-0.1, -0.05) is 46.2 Å². The lowest BCUT2D eigenvalue weighted by molar-refractivity contribution is 0.537. The van der Waals surface area contributed by atoms with Crippen molar-refractivity contribution in [3.8, 4) is 0 Å². The maximum absolute atomic E-state index is 6.11. The summed E-state index contributed by atoms with van der Waals surface area (Å²) in [6.45, 7) is 10.7. The third-order valence-corrected chi connectivity index (χ3v) is 3.40. The van der Waals surface area contributed by atoms with Gasteiger partial charge in [-0.2, -0.15) is 0 Å². The summed E-state index contributed by atoms with van der Waals surface area (Å²) in [5.74, 6) is 1.71. The Hall–Kier alpha value is -0.830. The van der Waals surface area contributed by atoms with Gasteiger partial charge in [0.25, 0.3) is 0 Å². The highest BCUT2D eigenvalue weighted by atomic mass is 35.5. The van der Waals surface area contributed by atoms with Crippen molar-refractivity contribution in [3.63, 3.8) is 0 Å². The van der Waals surface area contributed by atoms with Crippen LogP contribution in [-0.4, -0.2) is 23.1 Å². The summed E-state index contributed by atoms with van der Waals surface area (Å²) in [6.07, 6.45) is 2.19. The van der Waals surface area contributed by atoms with Gasteiger partial charge >= 0.3 is 0 Å². The predicted molar refractivity (Wildman–Crippen MR) is 78.5 cm³/mol. The Morgan fingerprint density at radius 3 is 2.22 bits per heavy atom. The van der Waals surface area contributed by atoms with Gasteiger partial charge in [0, 0.05) is 24.6 Å². The summed E-state index contributed by atoms with van der Waals surface area (Å²) >= 11 is 6.11. The van der Waals surface area contributed by atoms with Crippen molar-refractivity contribution < 1.29 is 0 Å². The zero-order chi connectivity index (χ0) is 13.9. The Kier molecular flexibility index (Phi) is 4.97. The fourth-order valence-corrected chi connectivity index (χ4v) is 2.12. The lowest BCUT2D eigenvalue weighted by Crippen LogP contribution is -2.32. The molecule has 3 nitrogen and oxygen atoms in total. The second-order valence-corrected chi connectivity index (χ2v) is 6.09. The van der Waals surface area contributed by atoms with Crippen LogP contribution in [0.15, 0.2) is 6.07 Å². The first kappa shape index (κ1) is 15.2. The number of rotatable bonds is 4. The Morgan fingerprint density at radius 1 is 1.22 bits per heavy atom. The molecule has 0 aliphatic carbocycles. The summed E-state index contributed by atoms with van der Waals surface area (Å²) in [7, 11) is 2.07. The van der Waals surface area contributed by atoms with Crippen LogP contribution < -0.4 is 4.90 Å². The van der Waals surface area contributed by atoms with Gasteiger partial charge in [0.15, 0.2) is 0 Å². The summed E-state index contributed by atoms with van der Waals surface area (Å²) in [6, 6.07) is 2.33. The normalized spacial score (nSPS) is 12.0. The summed E-state index contributed by atoms with van der Waals surface area (Å²) in [5, 5.41) is 0.516. The van der Waals surface area contributed by atoms with Crippen LogP contribution in [0.25, 0.3) is 0 Å².